The van der Waals surface area contributed by atoms with Gasteiger partial charge in [-0.05, 0) is 19.4 Å². The normalized spacial score (nSPS) is 13.5. The number of hydrogen-bond acceptors (Lipinski definition) is 1. The summed E-state index contributed by atoms with van der Waals surface area (Å²) < 4.78 is 62.3. The molecule has 0 fully saturated rings. The molecule has 0 aromatic heterocycles. The second-order valence-electron chi connectivity index (χ2n) is 4.49. The molecule has 0 aliphatic carbocycles. The van der Waals surface area contributed by atoms with E-state index in [-0.39, 0.29) is 0 Å². The van der Waals surface area contributed by atoms with Crippen molar-refractivity contribution in [3.63, 3.8) is 0 Å². The second kappa shape index (κ2) is 4.33. The molecule has 0 N–H and O–H groups in total. The van der Waals surface area contributed by atoms with Crippen molar-refractivity contribution in [2.75, 3.05) is 0 Å². The highest BCUT2D eigenvalue weighted by atomic mass is 19.4. The van der Waals surface area contributed by atoms with E-state index in [9.17, 15) is 26.7 Å². The monoisotopic (exact) mass is 266 g/mol. The highest BCUT2D eigenvalue weighted by Crippen LogP contribution is 2.44. The molecule has 0 aliphatic heterocycles. The van der Waals surface area contributed by atoms with E-state index in [4.69, 9.17) is 0 Å². The number of carbonyl (C=O) groups is 1. The SMILES string of the molecule is CC(C)(C=O)c1ccc(C(F)(F)C(F)(F)F)cc1. The Balaban J connectivity index is 3.15. The van der Waals surface area contributed by atoms with Gasteiger partial charge in [-0.1, -0.05) is 24.3 Å². The van der Waals surface area contributed by atoms with E-state index in [0.29, 0.717) is 24.0 Å². The van der Waals surface area contributed by atoms with E-state index in [1.165, 1.54) is 13.8 Å². The first kappa shape index (κ1) is 14.6. The molecule has 0 heterocycles. The number of alkyl halides is 5. The zero-order valence-corrected chi connectivity index (χ0v) is 9.68. The maximum absolute atomic E-state index is 13.0. The average Bonchev–Trinajstić information content (AvgIpc) is 2.27. The third-order valence-electron chi connectivity index (χ3n) is 2.64. The van der Waals surface area contributed by atoms with Crippen molar-refractivity contribution in [3.8, 4) is 0 Å². The molecule has 0 amide bonds. The van der Waals surface area contributed by atoms with Crippen molar-refractivity contribution in [3.05, 3.63) is 35.4 Å². The Hall–Kier alpha value is -1.46. The van der Waals surface area contributed by atoms with Gasteiger partial charge in [-0.25, -0.2) is 0 Å². The highest BCUT2D eigenvalue weighted by molar-refractivity contribution is 5.67. The van der Waals surface area contributed by atoms with Gasteiger partial charge in [0, 0.05) is 11.0 Å². The van der Waals surface area contributed by atoms with E-state index < -0.39 is 23.1 Å². The highest BCUT2D eigenvalue weighted by Gasteiger charge is 2.58. The van der Waals surface area contributed by atoms with Crippen LogP contribution in [0.15, 0.2) is 24.3 Å². The zero-order valence-electron chi connectivity index (χ0n) is 9.68. The van der Waals surface area contributed by atoms with Gasteiger partial charge in [-0.3, -0.25) is 0 Å². The van der Waals surface area contributed by atoms with Crippen LogP contribution in [-0.4, -0.2) is 12.5 Å². The molecule has 0 unspecified atom stereocenters. The molecule has 1 rings (SSSR count). The number of benzene rings is 1. The minimum atomic E-state index is -5.63. The molecule has 1 aromatic rings. The van der Waals surface area contributed by atoms with Crippen LogP contribution in [0.4, 0.5) is 22.0 Å². The molecule has 18 heavy (non-hydrogen) atoms. The lowest BCUT2D eigenvalue weighted by Gasteiger charge is -2.22. The Morgan fingerprint density at radius 3 is 1.61 bits per heavy atom. The van der Waals surface area contributed by atoms with Crippen LogP contribution < -0.4 is 0 Å². The second-order valence-corrected chi connectivity index (χ2v) is 4.49. The summed E-state index contributed by atoms with van der Waals surface area (Å²) in [4.78, 5) is 10.7. The van der Waals surface area contributed by atoms with Crippen LogP contribution >= 0.6 is 0 Å². The Kier molecular flexibility index (Phi) is 3.51. The molecule has 0 saturated heterocycles. The average molecular weight is 266 g/mol. The number of rotatable bonds is 3. The first-order valence-corrected chi connectivity index (χ1v) is 5.04. The molecule has 0 bridgehead atoms. The number of aldehydes is 1. The summed E-state index contributed by atoms with van der Waals surface area (Å²) in [6.45, 7) is 3.08. The van der Waals surface area contributed by atoms with Crippen LogP contribution in [0.2, 0.25) is 0 Å². The summed E-state index contributed by atoms with van der Waals surface area (Å²) in [6, 6.07) is 3.58. The van der Waals surface area contributed by atoms with Gasteiger partial charge >= 0.3 is 12.1 Å². The van der Waals surface area contributed by atoms with Crippen LogP contribution in [0.5, 0.6) is 0 Å². The van der Waals surface area contributed by atoms with Gasteiger partial charge in [0.25, 0.3) is 0 Å². The largest absolute Gasteiger partial charge is 0.458 e. The molecule has 0 aliphatic rings. The molecule has 0 radical (unpaired) electrons. The van der Waals surface area contributed by atoms with E-state index in [0.717, 1.165) is 12.1 Å². The van der Waals surface area contributed by atoms with Gasteiger partial charge in [0.1, 0.15) is 6.29 Å². The fraction of sp³-hybridized carbons (Fsp3) is 0.417. The van der Waals surface area contributed by atoms with Crippen LogP contribution in [-0.2, 0) is 16.1 Å². The van der Waals surface area contributed by atoms with Crippen LogP contribution in [0.1, 0.15) is 25.0 Å². The van der Waals surface area contributed by atoms with E-state index in [1.807, 2.05) is 0 Å². The van der Waals surface area contributed by atoms with Crippen molar-refractivity contribution >= 4 is 6.29 Å². The summed E-state index contributed by atoms with van der Waals surface area (Å²) in [5.41, 5.74) is -1.69. The summed E-state index contributed by atoms with van der Waals surface area (Å²) >= 11 is 0. The minimum absolute atomic E-state index is 0.374. The molecule has 0 saturated carbocycles. The molecule has 100 valence electrons. The predicted octanol–water partition coefficient (Wildman–Crippen LogP) is 3.82. The zero-order chi connectivity index (χ0) is 14.2. The van der Waals surface area contributed by atoms with Crippen LogP contribution in [0.25, 0.3) is 0 Å². The number of hydrogen-bond donors (Lipinski definition) is 0. The molecule has 0 spiro atoms. The van der Waals surface area contributed by atoms with Crippen LogP contribution in [0, 0.1) is 0 Å². The maximum Gasteiger partial charge on any atom is 0.458 e. The Morgan fingerprint density at radius 1 is 0.889 bits per heavy atom. The van der Waals surface area contributed by atoms with Crippen molar-refractivity contribution in [1.82, 2.24) is 0 Å². The lowest BCUT2D eigenvalue weighted by Crippen LogP contribution is -2.33. The van der Waals surface area contributed by atoms with Gasteiger partial charge < -0.3 is 4.79 Å². The first-order valence-electron chi connectivity index (χ1n) is 5.04. The summed E-state index contributed by atoms with van der Waals surface area (Å²) in [6.07, 6.45) is -5.03. The van der Waals surface area contributed by atoms with Crippen molar-refractivity contribution in [2.24, 2.45) is 0 Å². The molecular weight excluding hydrogens is 255 g/mol. The summed E-state index contributed by atoms with van der Waals surface area (Å²) in [7, 11) is 0. The van der Waals surface area contributed by atoms with E-state index in [1.54, 1.807) is 0 Å². The molecule has 0 atom stereocenters. The topological polar surface area (TPSA) is 17.1 Å². The van der Waals surface area contributed by atoms with E-state index in [2.05, 4.69) is 0 Å². The van der Waals surface area contributed by atoms with Gasteiger partial charge in [0.15, 0.2) is 0 Å². The van der Waals surface area contributed by atoms with Gasteiger partial charge in [-0.2, -0.15) is 22.0 Å². The van der Waals surface area contributed by atoms with Crippen LogP contribution in [0.3, 0.4) is 0 Å². The number of halogens is 5. The minimum Gasteiger partial charge on any atom is -0.302 e. The first-order chi connectivity index (χ1) is 8.02. The molecular formula is C12H11F5O. The summed E-state index contributed by atoms with van der Waals surface area (Å²) in [5, 5.41) is 0. The predicted molar refractivity (Wildman–Crippen MR) is 55.5 cm³/mol. The fourth-order valence-electron chi connectivity index (χ4n) is 1.34. The van der Waals surface area contributed by atoms with Gasteiger partial charge in [0.2, 0.25) is 0 Å². The van der Waals surface area contributed by atoms with Crippen molar-refractivity contribution in [2.45, 2.75) is 31.4 Å². The fourth-order valence-corrected chi connectivity index (χ4v) is 1.34. The molecule has 1 nitrogen and oxygen atoms in total. The molecule has 1 aromatic carbocycles. The third-order valence-corrected chi connectivity index (χ3v) is 2.64. The third kappa shape index (κ3) is 2.52. The smallest absolute Gasteiger partial charge is 0.302 e. The van der Waals surface area contributed by atoms with Gasteiger partial charge in [-0.15, -0.1) is 0 Å². The maximum atomic E-state index is 13.0. The molecule has 6 heteroatoms. The lowest BCUT2D eigenvalue weighted by molar-refractivity contribution is -0.289. The Bertz CT molecular complexity index is 431. The quantitative estimate of drug-likeness (QED) is 0.600. The lowest BCUT2D eigenvalue weighted by atomic mass is 9.85. The van der Waals surface area contributed by atoms with Crippen molar-refractivity contribution < 1.29 is 26.7 Å². The Labute approximate surface area is 101 Å². The standard InChI is InChI=1S/C12H11F5O/c1-10(2,7-18)8-3-5-9(6-4-8)11(13,14)12(15,16)17/h3-7H,1-2H3. The number of carbonyl (C=O) groups excluding carboxylic acids is 1. The van der Waals surface area contributed by atoms with Gasteiger partial charge in [0.05, 0.1) is 0 Å². The Morgan fingerprint density at radius 2 is 1.28 bits per heavy atom. The summed E-state index contributed by atoms with van der Waals surface area (Å²) in [5.74, 6) is -4.89. The van der Waals surface area contributed by atoms with Crippen molar-refractivity contribution in [1.29, 1.82) is 0 Å². The van der Waals surface area contributed by atoms with E-state index >= 15 is 0 Å².